The zero-order valence-electron chi connectivity index (χ0n) is 21.6. The highest BCUT2D eigenvalue weighted by atomic mass is 16.4. The lowest BCUT2D eigenvalue weighted by Gasteiger charge is -2.14. The van der Waals surface area contributed by atoms with Crippen LogP contribution >= 0.6 is 0 Å². The number of nitrogens with zero attached hydrogens (tertiary/aromatic N) is 3. The van der Waals surface area contributed by atoms with E-state index < -0.39 is 5.97 Å². The van der Waals surface area contributed by atoms with Crippen molar-refractivity contribution in [3.05, 3.63) is 94.9 Å². The summed E-state index contributed by atoms with van der Waals surface area (Å²) < 4.78 is 1.68. The number of fused-ring (bicyclic) bond motifs is 3. The molecule has 37 heavy (non-hydrogen) atoms. The molecule has 2 aromatic heterocycles. The van der Waals surface area contributed by atoms with Crippen molar-refractivity contribution in [3.63, 3.8) is 0 Å². The van der Waals surface area contributed by atoms with Gasteiger partial charge in [-0.2, -0.15) is 5.10 Å². The molecule has 0 saturated carbocycles. The zero-order valence-corrected chi connectivity index (χ0v) is 21.6. The fraction of sp³-hybridized carbons (Fsp3) is 0.323. The van der Waals surface area contributed by atoms with Crippen molar-refractivity contribution < 1.29 is 9.90 Å². The number of aryl methyl sites for hydroxylation is 2. The minimum absolute atomic E-state index is 0.330. The summed E-state index contributed by atoms with van der Waals surface area (Å²) in [6.45, 7) is 6.71. The Hall–Kier alpha value is -3.77. The molecule has 0 aliphatic heterocycles. The van der Waals surface area contributed by atoms with E-state index in [1.165, 1.54) is 22.3 Å². The zero-order chi connectivity index (χ0) is 25.8. The Morgan fingerprint density at radius 3 is 2.68 bits per heavy atom. The third kappa shape index (κ3) is 5.49. The molecule has 2 heterocycles. The normalized spacial score (nSPS) is 12.4. The molecule has 0 spiro atoms. The number of nitrogens with one attached hydrogen (secondary N) is 1. The average molecular weight is 495 g/mol. The molecule has 0 amide bonds. The topological polar surface area (TPSA) is 80.0 Å². The Morgan fingerprint density at radius 2 is 1.89 bits per heavy atom. The smallest absolute Gasteiger partial charge is 0.354 e. The first-order valence-corrected chi connectivity index (χ1v) is 13.2. The van der Waals surface area contributed by atoms with Crippen LogP contribution in [0.5, 0.6) is 0 Å². The third-order valence-corrected chi connectivity index (χ3v) is 7.21. The molecule has 0 radical (unpaired) electrons. The average Bonchev–Trinajstić information content (AvgIpc) is 3.30. The summed E-state index contributed by atoms with van der Waals surface area (Å²) in [5.41, 5.74) is 9.29. The summed E-state index contributed by atoms with van der Waals surface area (Å²) in [6, 6.07) is 19.5. The van der Waals surface area contributed by atoms with Gasteiger partial charge in [-0.15, -0.1) is 0 Å². The lowest BCUT2D eigenvalue weighted by Crippen LogP contribution is -2.21. The molecule has 4 aromatic rings. The van der Waals surface area contributed by atoms with E-state index >= 15 is 0 Å². The monoisotopic (exact) mass is 494 g/mol. The largest absolute Gasteiger partial charge is 0.477 e. The summed E-state index contributed by atoms with van der Waals surface area (Å²) >= 11 is 0. The summed E-state index contributed by atoms with van der Waals surface area (Å²) in [7, 11) is 0. The molecule has 1 aliphatic rings. The number of carbonyl (C=O) groups is 1. The molecule has 6 nitrogen and oxygen atoms in total. The predicted molar refractivity (Wildman–Crippen MR) is 147 cm³/mol. The number of hydrogen-bond acceptors (Lipinski definition) is 4. The van der Waals surface area contributed by atoms with Crippen molar-refractivity contribution in [2.45, 2.75) is 52.0 Å². The highest BCUT2D eigenvalue weighted by Gasteiger charge is 2.27. The van der Waals surface area contributed by atoms with E-state index in [2.05, 4.69) is 72.7 Å². The maximum Gasteiger partial charge on any atom is 0.354 e. The maximum atomic E-state index is 12.0. The van der Waals surface area contributed by atoms with Crippen LogP contribution in [0.4, 0.5) is 0 Å². The van der Waals surface area contributed by atoms with Gasteiger partial charge in [0.1, 0.15) is 5.69 Å². The van der Waals surface area contributed by atoms with Crippen LogP contribution in [0.15, 0.2) is 67.0 Å². The van der Waals surface area contributed by atoms with Crippen molar-refractivity contribution in [3.8, 4) is 22.4 Å². The second-order valence-electron chi connectivity index (χ2n) is 10.1. The third-order valence-electron chi connectivity index (χ3n) is 7.21. The van der Waals surface area contributed by atoms with Gasteiger partial charge in [0.2, 0.25) is 0 Å². The van der Waals surface area contributed by atoms with E-state index in [9.17, 15) is 9.90 Å². The summed E-state index contributed by atoms with van der Waals surface area (Å²) in [4.78, 5) is 16.2. The number of hydrogen-bond donors (Lipinski definition) is 2. The number of carboxylic acid groups (broad SMARTS) is 1. The van der Waals surface area contributed by atoms with Crippen LogP contribution in [-0.4, -0.2) is 38.9 Å². The van der Waals surface area contributed by atoms with Crippen LogP contribution in [0.25, 0.3) is 22.4 Å². The SMILES string of the molecule is CC(C)c1cccc(-c2ccc(CCNCCCn3nc4c(c3C(=O)O)CCc3cnccc3-4)cc2)c1. The van der Waals surface area contributed by atoms with Crippen molar-refractivity contribution >= 4 is 5.97 Å². The van der Waals surface area contributed by atoms with Gasteiger partial charge < -0.3 is 10.4 Å². The maximum absolute atomic E-state index is 12.0. The number of carboxylic acids is 1. The molecule has 0 fully saturated rings. The van der Waals surface area contributed by atoms with E-state index in [0.717, 1.165) is 54.7 Å². The molecule has 0 saturated heterocycles. The van der Waals surface area contributed by atoms with Crippen molar-refractivity contribution in [2.75, 3.05) is 13.1 Å². The van der Waals surface area contributed by atoms with E-state index in [1.807, 2.05) is 12.3 Å². The molecular weight excluding hydrogens is 460 g/mol. The predicted octanol–water partition coefficient (Wildman–Crippen LogP) is 5.75. The summed E-state index contributed by atoms with van der Waals surface area (Å²) in [5, 5.41) is 18.1. The van der Waals surface area contributed by atoms with Gasteiger partial charge in [-0.05, 0) is 78.6 Å². The summed E-state index contributed by atoms with van der Waals surface area (Å²) in [6.07, 6.45) is 6.86. The Kier molecular flexibility index (Phi) is 7.47. The summed E-state index contributed by atoms with van der Waals surface area (Å²) in [5.74, 6) is -0.382. The van der Waals surface area contributed by atoms with Crippen LogP contribution < -0.4 is 5.32 Å². The second kappa shape index (κ2) is 11.1. The molecular formula is C31H34N4O2. The van der Waals surface area contributed by atoms with Gasteiger partial charge in [-0.25, -0.2) is 4.79 Å². The number of rotatable bonds is 10. The van der Waals surface area contributed by atoms with Gasteiger partial charge in [0, 0.05) is 30.1 Å². The molecule has 190 valence electrons. The van der Waals surface area contributed by atoms with Crippen molar-refractivity contribution in [1.82, 2.24) is 20.1 Å². The van der Waals surface area contributed by atoms with Crippen LogP contribution in [0.2, 0.25) is 0 Å². The molecule has 2 N–H and O–H groups in total. The molecule has 5 rings (SSSR count). The van der Waals surface area contributed by atoms with E-state index in [-0.39, 0.29) is 0 Å². The van der Waals surface area contributed by atoms with Crippen LogP contribution in [-0.2, 0) is 25.8 Å². The quantitative estimate of drug-likeness (QED) is 0.274. The van der Waals surface area contributed by atoms with Crippen LogP contribution in [0, 0.1) is 0 Å². The van der Waals surface area contributed by atoms with E-state index in [4.69, 9.17) is 5.10 Å². The Bertz CT molecular complexity index is 1390. The first kappa shape index (κ1) is 24.9. The van der Waals surface area contributed by atoms with Crippen LogP contribution in [0.3, 0.4) is 0 Å². The minimum atomic E-state index is -0.904. The van der Waals surface area contributed by atoms with Crippen LogP contribution in [0.1, 0.15) is 58.9 Å². The number of pyridine rings is 1. The minimum Gasteiger partial charge on any atom is -0.477 e. The molecule has 0 unspecified atom stereocenters. The Morgan fingerprint density at radius 1 is 1.05 bits per heavy atom. The molecule has 0 bridgehead atoms. The van der Waals surface area contributed by atoms with Crippen molar-refractivity contribution in [1.29, 1.82) is 0 Å². The first-order chi connectivity index (χ1) is 18.0. The Labute approximate surface area is 218 Å². The van der Waals surface area contributed by atoms with Gasteiger partial charge >= 0.3 is 5.97 Å². The lowest BCUT2D eigenvalue weighted by molar-refractivity contribution is 0.0681. The van der Waals surface area contributed by atoms with Gasteiger partial charge in [0.15, 0.2) is 0 Å². The standard InChI is InChI=1S/C31H34N4O2/c1-21(2)24-5-3-6-25(19-24)23-9-7-22(8-10-23)13-16-32-15-4-18-35-30(31(36)37)28-12-11-26-20-33-17-14-27(26)29(28)34-35/h3,5-10,14,17,19-21,32H,4,11-13,15-16,18H2,1-2H3,(H,36,37). The van der Waals surface area contributed by atoms with Gasteiger partial charge in [0.25, 0.3) is 0 Å². The molecule has 2 aromatic carbocycles. The number of benzene rings is 2. The highest BCUT2D eigenvalue weighted by Crippen LogP contribution is 2.34. The number of aromatic nitrogens is 3. The lowest BCUT2D eigenvalue weighted by atomic mass is 9.90. The van der Waals surface area contributed by atoms with E-state index in [1.54, 1.807) is 10.9 Å². The fourth-order valence-electron chi connectivity index (χ4n) is 5.12. The van der Waals surface area contributed by atoms with Gasteiger partial charge in [0.05, 0.1) is 5.69 Å². The first-order valence-electron chi connectivity index (χ1n) is 13.2. The van der Waals surface area contributed by atoms with Gasteiger partial charge in [-0.1, -0.05) is 62.4 Å². The van der Waals surface area contributed by atoms with Crippen molar-refractivity contribution in [2.24, 2.45) is 0 Å². The second-order valence-corrected chi connectivity index (χ2v) is 10.1. The highest BCUT2D eigenvalue weighted by molar-refractivity contribution is 5.90. The molecule has 1 aliphatic carbocycles. The number of aromatic carboxylic acids is 1. The van der Waals surface area contributed by atoms with Gasteiger partial charge in [-0.3, -0.25) is 9.67 Å². The van der Waals surface area contributed by atoms with E-state index in [0.29, 0.717) is 24.6 Å². The molecule has 0 atom stereocenters. The fourth-order valence-corrected chi connectivity index (χ4v) is 5.12. The Balaban J connectivity index is 1.13. The molecule has 6 heteroatoms.